The van der Waals surface area contributed by atoms with Crippen LogP contribution in [0.3, 0.4) is 0 Å². The molecular formula is C18H24N2O8. The monoisotopic (exact) mass is 396 g/mol. The SMILES string of the molecule is COc1ccnc(C(=O)N[C@H]2CCOCC[C@H](C)OC2=O)c1OCOC(C)=O. The molecule has 2 atom stereocenters. The van der Waals surface area contributed by atoms with Crippen molar-refractivity contribution in [1.82, 2.24) is 10.3 Å². The molecule has 1 N–H and O–H groups in total. The molecule has 154 valence electrons. The number of rotatable bonds is 6. The lowest BCUT2D eigenvalue weighted by molar-refractivity contribution is -0.151. The van der Waals surface area contributed by atoms with E-state index in [1.165, 1.54) is 26.3 Å². The Bertz CT molecular complexity index is 709. The number of amides is 1. The lowest BCUT2D eigenvalue weighted by Gasteiger charge is -2.19. The van der Waals surface area contributed by atoms with Crippen molar-refractivity contribution in [1.29, 1.82) is 0 Å². The van der Waals surface area contributed by atoms with Crippen LogP contribution in [0.1, 0.15) is 37.2 Å². The fraction of sp³-hybridized carbons (Fsp3) is 0.556. The summed E-state index contributed by atoms with van der Waals surface area (Å²) in [6.07, 6.45) is 1.88. The first kappa shape index (κ1) is 21.4. The molecule has 0 radical (unpaired) electrons. The zero-order valence-electron chi connectivity index (χ0n) is 16.1. The lowest BCUT2D eigenvalue weighted by atomic mass is 10.2. The van der Waals surface area contributed by atoms with Crippen LogP contribution in [0.25, 0.3) is 0 Å². The number of carbonyl (C=O) groups excluding carboxylic acids is 3. The number of nitrogens with one attached hydrogen (secondary N) is 1. The highest BCUT2D eigenvalue weighted by atomic mass is 16.7. The topological polar surface area (TPSA) is 122 Å². The molecule has 0 aromatic carbocycles. The number of hydrogen-bond acceptors (Lipinski definition) is 9. The number of nitrogens with zero attached hydrogens (tertiary/aromatic N) is 1. The predicted octanol–water partition coefficient (Wildman–Crippen LogP) is 0.830. The van der Waals surface area contributed by atoms with Gasteiger partial charge in [0.05, 0.1) is 13.7 Å². The normalized spacial score (nSPS) is 20.0. The van der Waals surface area contributed by atoms with Crippen molar-refractivity contribution in [3.63, 3.8) is 0 Å². The molecule has 0 aliphatic carbocycles. The Hall–Kier alpha value is -2.88. The van der Waals surface area contributed by atoms with Crippen molar-refractivity contribution >= 4 is 17.8 Å². The number of hydrogen-bond donors (Lipinski definition) is 1. The van der Waals surface area contributed by atoms with Crippen LogP contribution < -0.4 is 14.8 Å². The molecule has 1 aliphatic heterocycles. The van der Waals surface area contributed by atoms with E-state index in [1.54, 1.807) is 6.92 Å². The summed E-state index contributed by atoms with van der Waals surface area (Å²) in [5, 5.41) is 2.59. The number of methoxy groups -OCH3 is 1. The molecule has 10 heteroatoms. The minimum absolute atomic E-state index is 0.00944. The van der Waals surface area contributed by atoms with E-state index in [9.17, 15) is 14.4 Å². The second-order valence-corrected chi connectivity index (χ2v) is 6.05. The average Bonchev–Trinajstić information content (AvgIpc) is 2.72. The van der Waals surface area contributed by atoms with E-state index in [4.69, 9.17) is 23.7 Å². The summed E-state index contributed by atoms with van der Waals surface area (Å²) in [6.45, 7) is 3.34. The molecule has 1 aromatic heterocycles. The number of carbonyl (C=O) groups is 3. The van der Waals surface area contributed by atoms with Crippen LogP contribution in [0.2, 0.25) is 0 Å². The summed E-state index contributed by atoms with van der Waals surface area (Å²) >= 11 is 0. The van der Waals surface area contributed by atoms with E-state index in [-0.39, 0.29) is 29.7 Å². The number of pyridine rings is 1. The summed E-state index contributed by atoms with van der Waals surface area (Å²) in [6, 6.07) is 0.589. The predicted molar refractivity (Wildman–Crippen MR) is 94.9 cm³/mol. The van der Waals surface area contributed by atoms with E-state index >= 15 is 0 Å². The second kappa shape index (κ2) is 10.5. The van der Waals surface area contributed by atoms with Crippen molar-refractivity contribution in [3.8, 4) is 11.5 Å². The van der Waals surface area contributed by atoms with E-state index < -0.39 is 30.7 Å². The zero-order valence-corrected chi connectivity index (χ0v) is 16.1. The Morgan fingerprint density at radius 3 is 2.79 bits per heavy atom. The number of ether oxygens (including phenoxy) is 5. The maximum Gasteiger partial charge on any atom is 0.329 e. The van der Waals surface area contributed by atoms with Gasteiger partial charge in [-0.3, -0.25) is 9.59 Å². The minimum Gasteiger partial charge on any atom is -0.493 e. The van der Waals surface area contributed by atoms with Gasteiger partial charge in [0.15, 0.2) is 17.2 Å². The molecule has 10 nitrogen and oxygen atoms in total. The molecule has 2 rings (SSSR count). The highest BCUT2D eigenvalue weighted by molar-refractivity contribution is 5.98. The van der Waals surface area contributed by atoms with Crippen LogP contribution in [0.5, 0.6) is 11.5 Å². The van der Waals surface area contributed by atoms with E-state index in [1.807, 2.05) is 0 Å². The lowest BCUT2D eigenvalue weighted by Crippen LogP contribution is -2.43. The van der Waals surface area contributed by atoms with Gasteiger partial charge in [0.2, 0.25) is 6.79 Å². The molecule has 1 fully saturated rings. The third-order valence-corrected chi connectivity index (χ3v) is 3.90. The van der Waals surface area contributed by atoms with Crippen LogP contribution in [-0.2, 0) is 23.8 Å². The van der Waals surface area contributed by atoms with Gasteiger partial charge >= 0.3 is 11.9 Å². The van der Waals surface area contributed by atoms with E-state index in [0.29, 0.717) is 19.6 Å². The first-order valence-corrected chi connectivity index (χ1v) is 8.80. The maximum absolute atomic E-state index is 12.7. The van der Waals surface area contributed by atoms with Crippen molar-refractivity contribution in [2.75, 3.05) is 27.1 Å². The van der Waals surface area contributed by atoms with Gasteiger partial charge in [-0.2, -0.15) is 0 Å². The van der Waals surface area contributed by atoms with Crippen LogP contribution >= 0.6 is 0 Å². The second-order valence-electron chi connectivity index (χ2n) is 6.05. The van der Waals surface area contributed by atoms with Crippen molar-refractivity contribution in [2.45, 2.75) is 38.8 Å². The molecule has 0 unspecified atom stereocenters. The highest BCUT2D eigenvalue weighted by Gasteiger charge is 2.28. The van der Waals surface area contributed by atoms with Crippen molar-refractivity contribution in [3.05, 3.63) is 18.0 Å². The Morgan fingerprint density at radius 2 is 2.07 bits per heavy atom. The molecule has 1 amide bonds. The van der Waals surface area contributed by atoms with Gasteiger partial charge in [0.25, 0.3) is 5.91 Å². The summed E-state index contributed by atoms with van der Waals surface area (Å²) in [7, 11) is 1.39. The van der Waals surface area contributed by atoms with Gasteiger partial charge in [0.1, 0.15) is 12.1 Å². The molecule has 0 bridgehead atoms. The van der Waals surface area contributed by atoms with Gasteiger partial charge in [-0.05, 0) is 6.92 Å². The van der Waals surface area contributed by atoms with Crippen LogP contribution in [-0.4, -0.2) is 62.1 Å². The molecule has 0 spiro atoms. The minimum atomic E-state index is -0.901. The summed E-state index contributed by atoms with van der Waals surface area (Å²) in [5.41, 5.74) is -0.117. The Labute approximate surface area is 162 Å². The van der Waals surface area contributed by atoms with Gasteiger partial charge in [-0.1, -0.05) is 0 Å². The first-order valence-electron chi connectivity index (χ1n) is 8.80. The van der Waals surface area contributed by atoms with E-state index in [2.05, 4.69) is 10.3 Å². The first-order chi connectivity index (χ1) is 13.4. The Kier molecular flexibility index (Phi) is 8.00. The molecule has 28 heavy (non-hydrogen) atoms. The van der Waals surface area contributed by atoms with Crippen LogP contribution in [0.4, 0.5) is 0 Å². The third kappa shape index (κ3) is 6.08. The standard InChI is InChI=1S/C18H24N2O8/c1-11-5-8-25-9-6-13(18(23)28-11)20-17(22)15-16(27-10-26-12(2)21)14(24-3)4-7-19-15/h4,7,11,13H,5-6,8-10H2,1-3H3,(H,20,22)/t11-,13-/m0/s1. The Morgan fingerprint density at radius 1 is 1.32 bits per heavy atom. The summed E-state index contributed by atoms with van der Waals surface area (Å²) in [4.78, 5) is 40.0. The average molecular weight is 396 g/mol. The van der Waals surface area contributed by atoms with Gasteiger partial charge < -0.3 is 29.0 Å². The zero-order chi connectivity index (χ0) is 20.5. The van der Waals surface area contributed by atoms with E-state index in [0.717, 1.165) is 0 Å². The molecule has 1 aromatic rings. The largest absolute Gasteiger partial charge is 0.493 e. The van der Waals surface area contributed by atoms with Gasteiger partial charge in [0, 0.05) is 38.6 Å². The molecule has 1 saturated heterocycles. The van der Waals surface area contributed by atoms with Gasteiger partial charge in [-0.25, -0.2) is 9.78 Å². The smallest absolute Gasteiger partial charge is 0.329 e. The molecular weight excluding hydrogens is 372 g/mol. The maximum atomic E-state index is 12.7. The number of aromatic nitrogens is 1. The van der Waals surface area contributed by atoms with Crippen LogP contribution in [0.15, 0.2) is 12.3 Å². The Balaban J connectivity index is 2.17. The number of cyclic esters (lactones) is 1. The van der Waals surface area contributed by atoms with Gasteiger partial charge in [-0.15, -0.1) is 0 Å². The summed E-state index contributed by atoms with van der Waals surface area (Å²) < 4.78 is 26.0. The van der Waals surface area contributed by atoms with Crippen LogP contribution in [0, 0.1) is 0 Å². The highest BCUT2D eigenvalue weighted by Crippen LogP contribution is 2.29. The molecule has 1 aliphatic rings. The van der Waals surface area contributed by atoms with Crippen molar-refractivity contribution in [2.24, 2.45) is 0 Å². The third-order valence-electron chi connectivity index (χ3n) is 3.90. The summed E-state index contributed by atoms with van der Waals surface area (Å²) in [5.74, 6) is -1.54. The fourth-order valence-electron chi connectivity index (χ4n) is 2.43. The molecule has 2 heterocycles. The quantitative estimate of drug-likeness (QED) is 0.550. The number of esters is 2. The fourth-order valence-corrected chi connectivity index (χ4v) is 2.43. The molecule has 0 saturated carbocycles. The van der Waals surface area contributed by atoms with Crippen molar-refractivity contribution < 1.29 is 38.1 Å².